The highest BCUT2D eigenvalue weighted by atomic mass is 15.5. The molecule has 0 saturated heterocycles. The van der Waals surface area contributed by atoms with Crippen molar-refractivity contribution in [1.82, 2.24) is 15.0 Å². The van der Waals surface area contributed by atoms with Crippen LogP contribution in [0, 0.1) is 10.8 Å². The third kappa shape index (κ3) is 2.70. The predicted octanol–water partition coefficient (Wildman–Crippen LogP) is 4.38. The molecule has 0 aliphatic rings. The summed E-state index contributed by atoms with van der Waals surface area (Å²) in [4.78, 5) is 0. The Morgan fingerprint density at radius 3 is 1.63 bits per heavy atom. The maximum Gasteiger partial charge on any atom is 0.0888 e. The van der Waals surface area contributed by atoms with Gasteiger partial charge in [0.05, 0.1) is 11.2 Å². The van der Waals surface area contributed by atoms with Gasteiger partial charge in [0.2, 0.25) is 0 Å². The maximum absolute atomic E-state index is 4.45. The molecule has 3 heteroatoms. The van der Waals surface area contributed by atoms with Crippen LogP contribution in [0.3, 0.4) is 0 Å². The van der Waals surface area contributed by atoms with E-state index in [2.05, 4.69) is 85.7 Å². The van der Waals surface area contributed by atoms with E-state index in [1.807, 2.05) is 4.68 Å². The minimum Gasteiger partial charge on any atom is -0.246 e. The fraction of sp³-hybridized carbons (Fsp3) is 0.875. The van der Waals surface area contributed by atoms with E-state index in [4.69, 9.17) is 0 Å². The van der Waals surface area contributed by atoms with Crippen LogP contribution in [0.15, 0.2) is 6.20 Å². The summed E-state index contributed by atoms with van der Waals surface area (Å²) >= 11 is 0. The molecule has 0 N–H and O–H groups in total. The normalized spacial score (nSPS) is 14.8. The van der Waals surface area contributed by atoms with Gasteiger partial charge in [-0.3, -0.25) is 0 Å². The fourth-order valence-electron chi connectivity index (χ4n) is 1.55. The molecule has 0 amide bonds. The molecule has 110 valence electrons. The molecule has 0 aliphatic heterocycles. The van der Waals surface area contributed by atoms with Crippen molar-refractivity contribution < 1.29 is 0 Å². The van der Waals surface area contributed by atoms with Gasteiger partial charge >= 0.3 is 0 Å². The van der Waals surface area contributed by atoms with Crippen LogP contribution in [0.1, 0.15) is 74.9 Å². The molecule has 0 bridgehead atoms. The molecule has 19 heavy (non-hydrogen) atoms. The first-order valence-electron chi connectivity index (χ1n) is 7.14. The summed E-state index contributed by atoms with van der Waals surface area (Å²) in [7, 11) is 0. The van der Waals surface area contributed by atoms with Crippen LogP contribution in [0.2, 0.25) is 0 Å². The Morgan fingerprint density at radius 1 is 0.789 bits per heavy atom. The van der Waals surface area contributed by atoms with Gasteiger partial charge in [-0.2, -0.15) is 0 Å². The number of aromatic nitrogens is 3. The van der Waals surface area contributed by atoms with Crippen molar-refractivity contribution in [2.24, 2.45) is 10.8 Å². The van der Waals surface area contributed by atoms with E-state index < -0.39 is 0 Å². The Balaban J connectivity index is 3.22. The molecule has 0 aromatic carbocycles. The lowest BCUT2D eigenvalue weighted by atomic mass is 9.67. The van der Waals surface area contributed by atoms with Gasteiger partial charge < -0.3 is 0 Å². The highest BCUT2D eigenvalue weighted by Crippen LogP contribution is 2.41. The van der Waals surface area contributed by atoms with Crippen LogP contribution in [-0.4, -0.2) is 15.0 Å². The standard InChI is InChI=1S/C16H31N3/c1-13(2,3)15(7,8)12-11-19(18-17-12)16(9,10)14(4,5)6/h11H,1-10H3. The van der Waals surface area contributed by atoms with Crippen molar-refractivity contribution in [2.45, 2.75) is 80.2 Å². The zero-order valence-corrected chi connectivity index (χ0v) is 14.4. The average Bonchev–Trinajstić information content (AvgIpc) is 2.62. The van der Waals surface area contributed by atoms with Crippen LogP contribution >= 0.6 is 0 Å². The monoisotopic (exact) mass is 265 g/mol. The van der Waals surface area contributed by atoms with Gasteiger partial charge in [-0.15, -0.1) is 5.10 Å². The number of nitrogens with zero attached hydrogens (tertiary/aromatic N) is 3. The van der Waals surface area contributed by atoms with Crippen molar-refractivity contribution in [1.29, 1.82) is 0 Å². The Bertz CT molecular complexity index is 399. The van der Waals surface area contributed by atoms with Gasteiger partial charge in [0, 0.05) is 11.6 Å². The second-order valence-corrected chi connectivity index (χ2v) is 8.73. The summed E-state index contributed by atoms with van der Waals surface area (Å²) in [6.45, 7) is 22.4. The van der Waals surface area contributed by atoms with Crippen molar-refractivity contribution in [3.8, 4) is 0 Å². The largest absolute Gasteiger partial charge is 0.246 e. The first-order chi connectivity index (χ1) is 8.21. The van der Waals surface area contributed by atoms with Crippen LogP contribution < -0.4 is 0 Å². The summed E-state index contributed by atoms with van der Waals surface area (Å²) in [5.41, 5.74) is 1.28. The molecule has 0 radical (unpaired) electrons. The third-order valence-electron chi connectivity index (χ3n) is 5.42. The first-order valence-corrected chi connectivity index (χ1v) is 7.14. The average molecular weight is 265 g/mol. The van der Waals surface area contributed by atoms with E-state index in [1.165, 1.54) is 0 Å². The Kier molecular flexibility index (Phi) is 3.68. The summed E-state index contributed by atoms with van der Waals surface area (Å²) in [6.07, 6.45) is 2.12. The van der Waals surface area contributed by atoms with Crippen molar-refractivity contribution in [3.63, 3.8) is 0 Å². The molecule has 0 saturated carbocycles. The lowest BCUT2D eigenvalue weighted by molar-refractivity contribution is 0.121. The highest BCUT2D eigenvalue weighted by molar-refractivity contribution is 5.14. The van der Waals surface area contributed by atoms with Crippen LogP contribution in [0.25, 0.3) is 0 Å². The summed E-state index contributed by atoms with van der Waals surface area (Å²) in [5, 5.41) is 8.85. The summed E-state index contributed by atoms with van der Waals surface area (Å²) in [5.74, 6) is 0. The van der Waals surface area contributed by atoms with Crippen LogP contribution in [0.5, 0.6) is 0 Å². The SMILES string of the molecule is CC(C)(C)C(C)(C)c1cn(C(C)(C)C(C)(C)C)nn1. The molecular weight excluding hydrogens is 234 g/mol. The van der Waals surface area contributed by atoms with Gasteiger partial charge in [0.15, 0.2) is 0 Å². The van der Waals surface area contributed by atoms with Crippen molar-refractivity contribution >= 4 is 0 Å². The highest BCUT2D eigenvalue weighted by Gasteiger charge is 2.40. The van der Waals surface area contributed by atoms with Crippen molar-refractivity contribution in [2.75, 3.05) is 0 Å². The topological polar surface area (TPSA) is 30.7 Å². The van der Waals surface area contributed by atoms with Gasteiger partial charge in [-0.25, -0.2) is 4.68 Å². The Hall–Kier alpha value is -0.860. The van der Waals surface area contributed by atoms with Gasteiger partial charge in [0.1, 0.15) is 0 Å². The minimum atomic E-state index is -0.0633. The first kappa shape index (κ1) is 16.2. The lowest BCUT2D eigenvalue weighted by Gasteiger charge is -2.39. The minimum absolute atomic E-state index is 0.000779. The zero-order chi connectivity index (χ0) is 15.3. The van der Waals surface area contributed by atoms with E-state index in [0.29, 0.717) is 0 Å². The molecule has 0 aliphatic carbocycles. The molecule has 1 aromatic heterocycles. The maximum atomic E-state index is 4.45. The smallest absolute Gasteiger partial charge is 0.0888 e. The predicted molar refractivity (Wildman–Crippen MR) is 81.3 cm³/mol. The van der Waals surface area contributed by atoms with E-state index in [-0.39, 0.29) is 21.8 Å². The molecule has 0 spiro atoms. The molecule has 1 aromatic rings. The van der Waals surface area contributed by atoms with Crippen LogP contribution in [-0.2, 0) is 11.0 Å². The van der Waals surface area contributed by atoms with E-state index in [1.54, 1.807) is 0 Å². The Morgan fingerprint density at radius 2 is 1.26 bits per heavy atom. The number of rotatable bonds is 2. The quantitative estimate of drug-likeness (QED) is 0.794. The molecular formula is C16H31N3. The Labute approximate surface area is 118 Å². The van der Waals surface area contributed by atoms with E-state index >= 15 is 0 Å². The number of hydrogen-bond acceptors (Lipinski definition) is 2. The van der Waals surface area contributed by atoms with E-state index in [9.17, 15) is 0 Å². The van der Waals surface area contributed by atoms with E-state index in [0.717, 1.165) is 5.69 Å². The van der Waals surface area contributed by atoms with Gasteiger partial charge in [0.25, 0.3) is 0 Å². The summed E-state index contributed by atoms with van der Waals surface area (Å²) in [6, 6.07) is 0. The molecule has 0 atom stereocenters. The molecule has 1 rings (SSSR count). The van der Waals surface area contributed by atoms with Gasteiger partial charge in [-0.05, 0) is 24.7 Å². The van der Waals surface area contributed by atoms with Crippen molar-refractivity contribution in [3.05, 3.63) is 11.9 Å². The summed E-state index contributed by atoms with van der Waals surface area (Å²) < 4.78 is 2.02. The zero-order valence-electron chi connectivity index (χ0n) is 14.4. The number of hydrogen-bond donors (Lipinski definition) is 0. The molecule has 1 heterocycles. The van der Waals surface area contributed by atoms with Gasteiger partial charge in [-0.1, -0.05) is 60.6 Å². The molecule has 0 fully saturated rings. The lowest BCUT2D eigenvalue weighted by Crippen LogP contribution is -2.40. The second-order valence-electron chi connectivity index (χ2n) is 8.73. The third-order valence-corrected chi connectivity index (χ3v) is 5.42. The van der Waals surface area contributed by atoms with Crippen LogP contribution in [0.4, 0.5) is 0 Å². The fourth-order valence-corrected chi connectivity index (χ4v) is 1.55. The molecule has 0 unspecified atom stereocenters. The molecule has 3 nitrogen and oxygen atoms in total. The second kappa shape index (κ2) is 4.32.